The highest BCUT2D eigenvalue weighted by molar-refractivity contribution is 6.64. The number of hydrogen-bond acceptors (Lipinski definition) is 7. The van der Waals surface area contributed by atoms with E-state index in [9.17, 15) is 39.5 Å². The Balaban J connectivity index is 5.32. The molecule has 0 aliphatic carbocycles. The Morgan fingerprint density at radius 1 is 1.06 bits per heavy atom. The Kier molecular flexibility index (Phi) is 4.62. The highest BCUT2D eigenvalue weighted by atomic mass is 35.5. The summed E-state index contributed by atoms with van der Waals surface area (Å²) in [6, 6.07) is -5.77. The van der Waals surface area contributed by atoms with Crippen LogP contribution >= 0.6 is 11.6 Å². The maximum atomic E-state index is 12.8. The minimum Gasteiger partial charge on any atom is -0.273 e. The zero-order valence-corrected chi connectivity index (χ0v) is 7.94. The van der Waals surface area contributed by atoms with Crippen molar-refractivity contribution < 1.29 is 24.0 Å². The fourth-order valence-corrected chi connectivity index (χ4v) is 1.04. The Labute approximate surface area is 90.4 Å². The quantitative estimate of drug-likeness (QED) is 0.273. The number of halogens is 2. The number of hydrogen-bond donors (Lipinski definition) is 0. The second kappa shape index (κ2) is 5.25. The molecule has 0 bridgehead atoms. The highest BCUT2D eigenvalue weighted by Gasteiger charge is 2.57. The Bertz CT molecular complexity index is 335. The molecule has 0 heterocycles. The molecule has 0 N–H and O–H groups in total. The van der Waals surface area contributed by atoms with E-state index in [2.05, 4.69) is 11.6 Å². The fourth-order valence-electron chi connectivity index (χ4n) is 0.833. The molecule has 0 amide bonds. The van der Waals surface area contributed by atoms with Crippen LogP contribution < -0.4 is 0 Å². The monoisotopic (exact) mass is 259 g/mol. The van der Waals surface area contributed by atoms with Gasteiger partial charge in [0.2, 0.25) is 0 Å². The minimum absolute atomic E-state index is 1.54. The number of rotatable bonds is 6. The standard InChI is InChI=1S/C4H3ClFN3O7/c5-3(10)1(7(11)12)2(8(13)14)4(6)9(15)16/h1-2,4H. The summed E-state index contributed by atoms with van der Waals surface area (Å²) in [6.07, 6.45) is -3.40. The van der Waals surface area contributed by atoms with Crippen molar-refractivity contribution in [1.82, 2.24) is 0 Å². The Morgan fingerprint density at radius 3 is 1.69 bits per heavy atom. The number of nitro groups is 3. The van der Waals surface area contributed by atoms with Gasteiger partial charge in [-0.15, -0.1) is 0 Å². The first-order valence-electron chi connectivity index (χ1n) is 3.44. The van der Waals surface area contributed by atoms with Gasteiger partial charge in [-0.1, -0.05) is 0 Å². The smallest absolute Gasteiger partial charge is 0.273 e. The molecule has 0 saturated carbocycles. The second-order valence-corrected chi connectivity index (χ2v) is 2.84. The van der Waals surface area contributed by atoms with Gasteiger partial charge in [-0.3, -0.25) is 35.1 Å². The summed E-state index contributed by atoms with van der Waals surface area (Å²) >= 11 is 4.65. The largest absolute Gasteiger partial charge is 0.422 e. The lowest BCUT2D eigenvalue weighted by Crippen LogP contribution is -2.51. The number of carbonyl (C=O) groups is 1. The summed E-state index contributed by atoms with van der Waals surface area (Å²) in [5.74, 6) is 0. The lowest BCUT2D eigenvalue weighted by Gasteiger charge is -2.09. The first-order valence-corrected chi connectivity index (χ1v) is 3.81. The molecule has 3 unspecified atom stereocenters. The topological polar surface area (TPSA) is 146 Å². The first-order chi connectivity index (χ1) is 7.20. The van der Waals surface area contributed by atoms with Crippen LogP contribution in [0.15, 0.2) is 0 Å². The van der Waals surface area contributed by atoms with Crippen LogP contribution in [0, 0.1) is 30.3 Å². The molecule has 10 nitrogen and oxygen atoms in total. The Morgan fingerprint density at radius 2 is 1.50 bits per heavy atom. The van der Waals surface area contributed by atoms with Crippen LogP contribution in [0.25, 0.3) is 0 Å². The number of alkyl halides is 1. The molecule has 0 aromatic heterocycles. The van der Waals surface area contributed by atoms with E-state index in [1.807, 2.05) is 0 Å². The van der Waals surface area contributed by atoms with Crippen molar-refractivity contribution >= 4 is 16.8 Å². The van der Waals surface area contributed by atoms with Crippen molar-refractivity contribution in [3.05, 3.63) is 30.3 Å². The molecule has 0 spiro atoms. The predicted molar refractivity (Wildman–Crippen MR) is 44.3 cm³/mol. The third kappa shape index (κ3) is 3.05. The molecular weight excluding hydrogens is 257 g/mol. The summed E-state index contributed by atoms with van der Waals surface area (Å²) in [5, 5.41) is 28.6. The molecule has 0 fully saturated rings. The zero-order valence-electron chi connectivity index (χ0n) is 7.19. The highest BCUT2D eigenvalue weighted by Crippen LogP contribution is 2.14. The summed E-state index contributed by atoms with van der Waals surface area (Å²) in [4.78, 5) is 36.0. The van der Waals surface area contributed by atoms with Gasteiger partial charge in [0.25, 0.3) is 0 Å². The normalized spacial score (nSPS) is 15.9. The van der Waals surface area contributed by atoms with Crippen LogP contribution in [0.3, 0.4) is 0 Å². The number of carbonyl (C=O) groups excluding carboxylic acids is 1. The third-order valence-corrected chi connectivity index (χ3v) is 1.73. The fraction of sp³-hybridized carbons (Fsp3) is 0.750. The van der Waals surface area contributed by atoms with Gasteiger partial charge in [0.1, 0.15) is 0 Å². The van der Waals surface area contributed by atoms with Gasteiger partial charge >= 0.3 is 23.6 Å². The van der Waals surface area contributed by atoms with E-state index in [-0.39, 0.29) is 0 Å². The van der Waals surface area contributed by atoms with Gasteiger partial charge in [-0.05, 0) is 11.6 Å². The van der Waals surface area contributed by atoms with Crippen molar-refractivity contribution in [1.29, 1.82) is 0 Å². The molecule has 12 heteroatoms. The van der Waals surface area contributed by atoms with Crippen LogP contribution in [-0.2, 0) is 4.79 Å². The predicted octanol–water partition coefficient (Wildman–Crippen LogP) is -0.385. The molecule has 3 atom stereocenters. The second-order valence-electron chi connectivity index (χ2n) is 2.47. The van der Waals surface area contributed by atoms with Gasteiger partial charge in [-0.2, -0.15) is 4.39 Å². The molecule has 0 aliphatic heterocycles. The average Bonchev–Trinajstić information content (AvgIpc) is 2.10. The number of nitrogens with zero attached hydrogens (tertiary/aromatic N) is 3. The lowest BCUT2D eigenvalue weighted by atomic mass is 10.1. The molecule has 90 valence electrons. The summed E-state index contributed by atoms with van der Waals surface area (Å²) < 4.78 is 12.8. The SMILES string of the molecule is O=C(Cl)C(C(C(F)[N+](=O)[O-])[N+](=O)[O-])[N+](=O)[O-]. The van der Waals surface area contributed by atoms with Crippen molar-refractivity contribution in [3.63, 3.8) is 0 Å². The maximum Gasteiger partial charge on any atom is 0.422 e. The van der Waals surface area contributed by atoms with Gasteiger partial charge < -0.3 is 0 Å². The van der Waals surface area contributed by atoms with Crippen LogP contribution in [0.2, 0.25) is 0 Å². The van der Waals surface area contributed by atoms with E-state index < -0.39 is 38.4 Å². The van der Waals surface area contributed by atoms with Crippen molar-refractivity contribution in [2.24, 2.45) is 0 Å². The summed E-state index contributed by atoms with van der Waals surface area (Å²) in [7, 11) is 0. The molecule has 0 aromatic carbocycles. The van der Waals surface area contributed by atoms with Gasteiger partial charge in [-0.25, -0.2) is 0 Å². The van der Waals surface area contributed by atoms with Gasteiger partial charge in [0.15, 0.2) is 0 Å². The third-order valence-electron chi connectivity index (χ3n) is 1.51. The molecular formula is C4H3ClFN3O7. The van der Waals surface area contributed by atoms with Crippen LogP contribution in [0.4, 0.5) is 4.39 Å². The van der Waals surface area contributed by atoms with Crippen molar-refractivity contribution in [2.75, 3.05) is 0 Å². The van der Waals surface area contributed by atoms with Crippen molar-refractivity contribution in [3.8, 4) is 0 Å². The van der Waals surface area contributed by atoms with E-state index >= 15 is 0 Å². The first kappa shape index (κ1) is 14.1. The molecule has 16 heavy (non-hydrogen) atoms. The summed E-state index contributed by atoms with van der Waals surface area (Å²) in [6.45, 7) is 0. The van der Waals surface area contributed by atoms with E-state index in [0.29, 0.717) is 0 Å². The minimum atomic E-state index is -3.40. The van der Waals surface area contributed by atoms with Crippen LogP contribution in [0.5, 0.6) is 0 Å². The lowest BCUT2D eigenvalue weighted by molar-refractivity contribution is -0.674. The summed E-state index contributed by atoms with van der Waals surface area (Å²) in [5.41, 5.74) is 0. The molecule has 0 aromatic rings. The van der Waals surface area contributed by atoms with E-state index in [4.69, 9.17) is 0 Å². The van der Waals surface area contributed by atoms with Crippen LogP contribution in [-0.4, -0.2) is 38.4 Å². The van der Waals surface area contributed by atoms with E-state index in [1.54, 1.807) is 0 Å². The average molecular weight is 260 g/mol. The maximum absolute atomic E-state index is 12.8. The molecule has 0 radical (unpaired) electrons. The van der Waals surface area contributed by atoms with Crippen molar-refractivity contribution in [2.45, 2.75) is 18.4 Å². The Hall–Kier alpha value is -1.91. The zero-order chi connectivity index (χ0) is 13.0. The van der Waals surface area contributed by atoms with E-state index in [1.165, 1.54) is 0 Å². The molecule has 0 rings (SSSR count). The van der Waals surface area contributed by atoms with Gasteiger partial charge in [0, 0.05) is 9.85 Å². The molecule has 0 aliphatic rings. The van der Waals surface area contributed by atoms with Gasteiger partial charge in [0.05, 0.1) is 4.92 Å². The van der Waals surface area contributed by atoms with E-state index in [0.717, 1.165) is 0 Å². The van der Waals surface area contributed by atoms with Crippen LogP contribution in [0.1, 0.15) is 0 Å². The molecule has 0 saturated heterocycles.